The lowest BCUT2D eigenvalue weighted by Gasteiger charge is -2.17. The molecule has 1 saturated heterocycles. The van der Waals surface area contributed by atoms with E-state index >= 15 is 0 Å². The van der Waals surface area contributed by atoms with E-state index in [0.29, 0.717) is 0 Å². The van der Waals surface area contributed by atoms with Crippen LogP contribution in [0.15, 0.2) is 12.5 Å². The number of aryl methyl sites for hydroxylation is 1. The highest BCUT2D eigenvalue weighted by molar-refractivity contribution is 5.76. The Morgan fingerprint density at radius 1 is 1.60 bits per heavy atom. The summed E-state index contributed by atoms with van der Waals surface area (Å²) in [5.41, 5.74) is 1.08. The van der Waals surface area contributed by atoms with Gasteiger partial charge in [-0.15, -0.1) is 0 Å². The molecule has 15 heavy (non-hydrogen) atoms. The molecule has 1 fully saturated rings. The molecule has 0 spiro atoms. The molecule has 3 atom stereocenters. The smallest absolute Gasteiger partial charge is 0.310 e. The molecule has 0 saturated carbocycles. The molecule has 1 aromatic rings. The quantitative estimate of drug-likeness (QED) is 0.691. The third-order valence-corrected chi connectivity index (χ3v) is 3.18. The molecular weight excluding hydrogens is 192 g/mol. The van der Waals surface area contributed by atoms with Crippen molar-refractivity contribution in [2.75, 3.05) is 0 Å². The second-order valence-corrected chi connectivity index (χ2v) is 4.11. The molecule has 82 valence electrons. The monoisotopic (exact) mass is 208 g/mol. The molecule has 1 aromatic heterocycles. The van der Waals surface area contributed by atoms with Crippen LogP contribution < -0.4 is 0 Å². The second kappa shape index (κ2) is 3.68. The summed E-state index contributed by atoms with van der Waals surface area (Å²) in [6, 6.07) is 0. The molecule has 0 bridgehead atoms. The van der Waals surface area contributed by atoms with Gasteiger partial charge in [0.05, 0.1) is 18.2 Å². The molecule has 0 amide bonds. The van der Waals surface area contributed by atoms with Crippen molar-refractivity contribution < 1.29 is 9.53 Å². The summed E-state index contributed by atoms with van der Waals surface area (Å²) in [4.78, 5) is 15.7. The van der Waals surface area contributed by atoms with Crippen LogP contribution in [0.2, 0.25) is 0 Å². The maximum Gasteiger partial charge on any atom is 0.310 e. The number of carbonyl (C=O) groups excluding carboxylic acids is 1. The minimum atomic E-state index is -0.0730. The Bertz CT molecular complexity index is 372. The van der Waals surface area contributed by atoms with E-state index in [1.165, 1.54) is 0 Å². The fraction of sp³-hybridized carbons (Fsp3) is 0.636. The van der Waals surface area contributed by atoms with Crippen LogP contribution in [0.3, 0.4) is 0 Å². The molecule has 0 radical (unpaired) electrons. The highest BCUT2D eigenvalue weighted by atomic mass is 16.6. The Morgan fingerprint density at radius 3 is 2.87 bits per heavy atom. The van der Waals surface area contributed by atoms with Crippen LogP contribution in [0.1, 0.15) is 31.9 Å². The van der Waals surface area contributed by atoms with E-state index in [0.717, 1.165) is 12.1 Å². The van der Waals surface area contributed by atoms with Gasteiger partial charge in [0.1, 0.15) is 6.10 Å². The van der Waals surface area contributed by atoms with Gasteiger partial charge in [0.25, 0.3) is 0 Å². The molecular formula is C11H16N2O2. The van der Waals surface area contributed by atoms with Gasteiger partial charge in [-0.1, -0.05) is 6.92 Å². The Morgan fingerprint density at radius 2 is 2.33 bits per heavy atom. The Kier molecular flexibility index (Phi) is 2.50. The second-order valence-electron chi connectivity index (χ2n) is 4.11. The average Bonchev–Trinajstić information content (AvgIpc) is 2.70. The summed E-state index contributed by atoms with van der Waals surface area (Å²) in [5.74, 6) is 0.0570. The van der Waals surface area contributed by atoms with E-state index in [9.17, 15) is 4.79 Å². The number of carbonyl (C=O) groups is 1. The predicted molar refractivity (Wildman–Crippen MR) is 55.3 cm³/mol. The summed E-state index contributed by atoms with van der Waals surface area (Å²) in [5, 5.41) is 0. The molecule has 2 rings (SSSR count). The molecule has 1 aliphatic rings. The lowest BCUT2D eigenvalue weighted by atomic mass is 9.86. The Balaban J connectivity index is 2.35. The van der Waals surface area contributed by atoms with E-state index in [2.05, 4.69) is 4.98 Å². The van der Waals surface area contributed by atoms with Crippen LogP contribution in [-0.4, -0.2) is 21.6 Å². The number of rotatable bonds is 2. The number of imidazole rings is 1. The van der Waals surface area contributed by atoms with E-state index in [1.807, 2.05) is 31.7 Å². The zero-order valence-electron chi connectivity index (χ0n) is 9.30. The first kappa shape index (κ1) is 10.2. The van der Waals surface area contributed by atoms with Gasteiger partial charge >= 0.3 is 5.97 Å². The van der Waals surface area contributed by atoms with Crippen molar-refractivity contribution in [1.82, 2.24) is 9.55 Å². The number of hydrogen-bond donors (Lipinski definition) is 0. The van der Waals surface area contributed by atoms with E-state index in [1.54, 1.807) is 6.33 Å². The van der Waals surface area contributed by atoms with Gasteiger partial charge in [0, 0.05) is 18.9 Å². The van der Waals surface area contributed by atoms with E-state index in [-0.39, 0.29) is 23.9 Å². The third-order valence-electron chi connectivity index (χ3n) is 3.18. The highest BCUT2D eigenvalue weighted by Gasteiger charge is 2.43. The number of cyclic esters (lactones) is 1. The van der Waals surface area contributed by atoms with Gasteiger partial charge in [-0.3, -0.25) is 4.79 Å². The lowest BCUT2D eigenvalue weighted by Crippen LogP contribution is -2.18. The third kappa shape index (κ3) is 1.54. The van der Waals surface area contributed by atoms with Crippen LogP contribution >= 0.6 is 0 Å². The highest BCUT2D eigenvalue weighted by Crippen LogP contribution is 2.38. The van der Waals surface area contributed by atoms with Crippen molar-refractivity contribution in [2.24, 2.45) is 13.0 Å². The fourth-order valence-corrected chi connectivity index (χ4v) is 2.37. The standard InChI is InChI=1S/C11H16N2O2/c1-4-8-10(7(2)15-11(8)14)9-5-12-6-13(9)3/h5-8,10H,4H2,1-3H3. The first-order valence-electron chi connectivity index (χ1n) is 5.31. The Hall–Kier alpha value is -1.32. The first-order valence-corrected chi connectivity index (χ1v) is 5.31. The number of nitrogens with zero attached hydrogens (tertiary/aromatic N) is 2. The summed E-state index contributed by atoms with van der Waals surface area (Å²) in [6.45, 7) is 3.97. The van der Waals surface area contributed by atoms with Crippen LogP contribution in [0.25, 0.3) is 0 Å². The van der Waals surface area contributed by atoms with Crippen molar-refractivity contribution in [2.45, 2.75) is 32.3 Å². The van der Waals surface area contributed by atoms with Crippen LogP contribution in [-0.2, 0) is 16.6 Å². The number of aromatic nitrogens is 2. The van der Waals surface area contributed by atoms with Crippen molar-refractivity contribution >= 4 is 5.97 Å². The summed E-state index contributed by atoms with van der Waals surface area (Å²) < 4.78 is 7.24. The largest absolute Gasteiger partial charge is 0.462 e. The summed E-state index contributed by atoms with van der Waals surface area (Å²) in [6.07, 6.45) is 4.36. The first-order chi connectivity index (χ1) is 7.15. The van der Waals surface area contributed by atoms with Crippen LogP contribution in [0.4, 0.5) is 0 Å². The van der Waals surface area contributed by atoms with Crippen molar-refractivity contribution in [3.63, 3.8) is 0 Å². The fourth-order valence-electron chi connectivity index (χ4n) is 2.37. The molecule has 4 nitrogen and oxygen atoms in total. The minimum Gasteiger partial charge on any atom is -0.462 e. The van der Waals surface area contributed by atoms with Crippen LogP contribution in [0.5, 0.6) is 0 Å². The maximum atomic E-state index is 11.6. The number of ether oxygens (including phenoxy) is 1. The minimum absolute atomic E-state index is 0.0181. The van der Waals surface area contributed by atoms with Crippen molar-refractivity contribution in [3.05, 3.63) is 18.2 Å². The van der Waals surface area contributed by atoms with Gasteiger partial charge in [-0.25, -0.2) is 4.98 Å². The lowest BCUT2D eigenvalue weighted by molar-refractivity contribution is -0.143. The van der Waals surface area contributed by atoms with E-state index < -0.39 is 0 Å². The van der Waals surface area contributed by atoms with Crippen molar-refractivity contribution in [3.8, 4) is 0 Å². The number of esters is 1. The molecule has 1 aliphatic heterocycles. The normalized spacial score (nSPS) is 30.6. The molecule has 4 heteroatoms. The Labute approximate surface area is 89.3 Å². The molecule has 2 heterocycles. The van der Waals surface area contributed by atoms with Gasteiger partial charge in [0.15, 0.2) is 0 Å². The van der Waals surface area contributed by atoms with Crippen molar-refractivity contribution in [1.29, 1.82) is 0 Å². The average molecular weight is 208 g/mol. The molecule has 3 unspecified atom stereocenters. The maximum absolute atomic E-state index is 11.6. The van der Waals surface area contributed by atoms with Gasteiger partial charge in [-0.05, 0) is 13.3 Å². The van der Waals surface area contributed by atoms with Gasteiger partial charge in [-0.2, -0.15) is 0 Å². The van der Waals surface area contributed by atoms with Gasteiger partial charge < -0.3 is 9.30 Å². The zero-order chi connectivity index (χ0) is 11.0. The summed E-state index contributed by atoms with van der Waals surface area (Å²) >= 11 is 0. The van der Waals surface area contributed by atoms with Gasteiger partial charge in [0.2, 0.25) is 0 Å². The number of hydrogen-bond acceptors (Lipinski definition) is 3. The topological polar surface area (TPSA) is 44.1 Å². The van der Waals surface area contributed by atoms with E-state index in [4.69, 9.17) is 4.74 Å². The molecule has 0 N–H and O–H groups in total. The summed E-state index contributed by atoms with van der Waals surface area (Å²) in [7, 11) is 1.95. The zero-order valence-corrected chi connectivity index (χ0v) is 9.30. The SMILES string of the molecule is CCC1C(=O)OC(C)C1c1cncn1C. The predicted octanol–water partition coefficient (Wildman–Crippen LogP) is 1.48. The molecule has 0 aromatic carbocycles. The van der Waals surface area contributed by atoms with Crippen LogP contribution in [0, 0.1) is 5.92 Å². The molecule has 0 aliphatic carbocycles.